The Morgan fingerprint density at radius 1 is 0.833 bits per heavy atom. The summed E-state index contributed by atoms with van der Waals surface area (Å²) in [6, 6.07) is 20.2. The Labute approximate surface area is 145 Å². The van der Waals surface area contributed by atoms with Crippen molar-refractivity contribution in [3.8, 4) is 0 Å². The molecule has 0 heterocycles. The molecule has 0 radical (unpaired) electrons. The van der Waals surface area contributed by atoms with Crippen LogP contribution in [0.3, 0.4) is 0 Å². The van der Waals surface area contributed by atoms with Crippen molar-refractivity contribution in [3.63, 3.8) is 0 Å². The molecule has 2 aromatic rings. The quantitative estimate of drug-likeness (QED) is 0.584. The van der Waals surface area contributed by atoms with Crippen molar-refractivity contribution in [2.24, 2.45) is 0 Å². The van der Waals surface area contributed by atoms with Gasteiger partial charge in [0.2, 0.25) is 0 Å². The Morgan fingerprint density at radius 3 is 2.29 bits per heavy atom. The second kappa shape index (κ2) is 11.8. The number of rotatable bonds is 12. The van der Waals surface area contributed by atoms with E-state index in [1.54, 1.807) is 0 Å². The van der Waals surface area contributed by atoms with Crippen LogP contribution in [0.15, 0.2) is 60.7 Å². The first-order chi connectivity index (χ1) is 11.9. The van der Waals surface area contributed by atoms with E-state index in [1.165, 1.54) is 5.56 Å². The molecule has 3 nitrogen and oxygen atoms in total. The zero-order valence-electron chi connectivity index (χ0n) is 14.4. The molecule has 0 aliphatic rings. The highest BCUT2D eigenvalue weighted by atomic mass is 16.5. The third kappa shape index (κ3) is 7.73. The summed E-state index contributed by atoms with van der Waals surface area (Å²) in [6.45, 7) is 3.18. The third-order valence-electron chi connectivity index (χ3n) is 4.04. The lowest BCUT2D eigenvalue weighted by atomic mass is 10.1. The predicted octanol–water partition coefficient (Wildman–Crippen LogP) is 3.74. The van der Waals surface area contributed by atoms with Gasteiger partial charge in [-0.1, -0.05) is 60.7 Å². The number of nitrogens with one attached hydrogen (secondary N) is 1. The van der Waals surface area contributed by atoms with Crippen LogP contribution >= 0.6 is 0 Å². The number of hydrogen-bond donors (Lipinski definition) is 2. The van der Waals surface area contributed by atoms with Gasteiger partial charge in [-0.25, -0.2) is 0 Å². The molecule has 0 fully saturated rings. The Kier molecular flexibility index (Phi) is 9.17. The lowest BCUT2D eigenvalue weighted by Crippen LogP contribution is -2.22. The number of ether oxygens (including phenoxy) is 1. The number of benzene rings is 2. The first-order valence-electron chi connectivity index (χ1n) is 8.91. The summed E-state index contributed by atoms with van der Waals surface area (Å²) < 4.78 is 5.68. The lowest BCUT2D eigenvalue weighted by Gasteiger charge is -2.12. The van der Waals surface area contributed by atoms with Crippen LogP contribution in [0.5, 0.6) is 0 Å². The maximum absolute atomic E-state index is 10.0. The van der Waals surface area contributed by atoms with Crippen molar-refractivity contribution in [1.82, 2.24) is 5.32 Å². The Balaban J connectivity index is 1.39. The molecule has 0 spiro atoms. The van der Waals surface area contributed by atoms with Crippen molar-refractivity contribution < 1.29 is 9.84 Å². The minimum atomic E-state index is -0.424. The van der Waals surface area contributed by atoms with Gasteiger partial charge < -0.3 is 15.2 Å². The van der Waals surface area contributed by atoms with Crippen LogP contribution in [0.2, 0.25) is 0 Å². The van der Waals surface area contributed by atoms with Crippen LogP contribution in [-0.4, -0.2) is 31.4 Å². The van der Waals surface area contributed by atoms with Crippen LogP contribution < -0.4 is 5.32 Å². The van der Waals surface area contributed by atoms with E-state index in [9.17, 15) is 5.11 Å². The van der Waals surface area contributed by atoms with Gasteiger partial charge in [-0.15, -0.1) is 0 Å². The molecule has 2 aromatic carbocycles. The first kappa shape index (κ1) is 18.7. The number of aliphatic hydroxyl groups excluding tert-OH is 1. The number of hydrogen-bond acceptors (Lipinski definition) is 3. The molecule has 0 saturated heterocycles. The van der Waals surface area contributed by atoms with E-state index in [4.69, 9.17) is 4.74 Å². The van der Waals surface area contributed by atoms with Crippen LogP contribution in [0.25, 0.3) is 0 Å². The van der Waals surface area contributed by atoms with Gasteiger partial charge >= 0.3 is 0 Å². The molecular weight excluding hydrogens is 298 g/mol. The molecule has 0 amide bonds. The van der Waals surface area contributed by atoms with Crippen molar-refractivity contribution in [2.45, 2.75) is 31.8 Å². The monoisotopic (exact) mass is 327 g/mol. The largest absolute Gasteiger partial charge is 0.387 e. The summed E-state index contributed by atoms with van der Waals surface area (Å²) in [5.74, 6) is 0. The highest BCUT2D eigenvalue weighted by Gasteiger charge is 2.05. The predicted molar refractivity (Wildman–Crippen MR) is 99.1 cm³/mol. The second-order valence-corrected chi connectivity index (χ2v) is 6.04. The van der Waals surface area contributed by atoms with Crippen molar-refractivity contribution in [3.05, 3.63) is 71.8 Å². The summed E-state index contributed by atoms with van der Waals surface area (Å²) in [5, 5.41) is 13.3. The standard InChI is InChI=1S/C21H29NO2/c23-21(20-12-6-2-7-13-20)18-22-15-8-3-9-16-24-17-14-19-10-4-1-5-11-19/h1-2,4-7,10-13,21-23H,3,8-9,14-18H2. The highest BCUT2D eigenvalue weighted by molar-refractivity contribution is 5.17. The van der Waals surface area contributed by atoms with Crippen LogP contribution in [-0.2, 0) is 11.2 Å². The third-order valence-corrected chi connectivity index (χ3v) is 4.04. The van der Waals surface area contributed by atoms with Crippen molar-refractivity contribution >= 4 is 0 Å². The maximum Gasteiger partial charge on any atom is 0.0914 e. The summed E-state index contributed by atoms with van der Waals surface area (Å²) in [7, 11) is 0. The zero-order valence-corrected chi connectivity index (χ0v) is 14.4. The SMILES string of the molecule is OC(CNCCCCCOCCc1ccccc1)c1ccccc1. The number of unbranched alkanes of at least 4 members (excludes halogenated alkanes) is 2. The van der Waals surface area contributed by atoms with Gasteiger partial charge in [-0.05, 0) is 43.4 Å². The highest BCUT2D eigenvalue weighted by Crippen LogP contribution is 2.10. The topological polar surface area (TPSA) is 41.5 Å². The summed E-state index contributed by atoms with van der Waals surface area (Å²) in [5.41, 5.74) is 2.30. The molecule has 0 saturated carbocycles. The van der Waals surface area contributed by atoms with E-state index in [-0.39, 0.29) is 0 Å². The van der Waals surface area contributed by atoms with Gasteiger partial charge in [0.05, 0.1) is 12.7 Å². The van der Waals surface area contributed by atoms with E-state index in [1.807, 2.05) is 36.4 Å². The molecule has 0 bridgehead atoms. The van der Waals surface area contributed by atoms with Crippen LogP contribution in [0.4, 0.5) is 0 Å². The molecule has 1 atom stereocenters. The average Bonchev–Trinajstić information content (AvgIpc) is 2.64. The Hall–Kier alpha value is -1.68. The van der Waals surface area contributed by atoms with E-state index in [0.29, 0.717) is 6.54 Å². The summed E-state index contributed by atoms with van der Waals surface area (Å²) in [4.78, 5) is 0. The number of aliphatic hydroxyl groups is 1. The minimum absolute atomic E-state index is 0.424. The molecule has 0 aliphatic carbocycles. The smallest absolute Gasteiger partial charge is 0.0914 e. The van der Waals surface area contributed by atoms with Gasteiger partial charge in [-0.3, -0.25) is 0 Å². The Morgan fingerprint density at radius 2 is 1.54 bits per heavy atom. The van der Waals surface area contributed by atoms with E-state index < -0.39 is 6.10 Å². The van der Waals surface area contributed by atoms with Gasteiger partial charge in [0.15, 0.2) is 0 Å². The fraction of sp³-hybridized carbons (Fsp3) is 0.429. The Bertz CT molecular complexity index is 530. The molecule has 2 rings (SSSR count). The molecular formula is C21H29NO2. The molecule has 0 aromatic heterocycles. The van der Waals surface area contributed by atoms with E-state index >= 15 is 0 Å². The lowest BCUT2D eigenvalue weighted by molar-refractivity contribution is 0.132. The fourth-order valence-corrected chi connectivity index (χ4v) is 2.60. The zero-order chi connectivity index (χ0) is 16.9. The maximum atomic E-state index is 10.0. The van der Waals surface area contributed by atoms with E-state index in [2.05, 4.69) is 29.6 Å². The van der Waals surface area contributed by atoms with Crippen LogP contribution in [0.1, 0.15) is 36.5 Å². The molecule has 1 unspecified atom stereocenters. The minimum Gasteiger partial charge on any atom is -0.387 e. The van der Waals surface area contributed by atoms with Gasteiger partial charge in [0.25, 0.3) is 0 Å². The van der Waals surface area contributed by atoms with Gasteiger partial charge in [0.1, 0.15) is 0 Å². The summed E-state index contributed by atoms with van der Waals surface area (Å²) >= 11 is 0. The molecule has 2 N–H and O–H groups in total. The average molecular weight is 327 g/mol. The van der Waals surface area contributed by atoms with Gasteiger partial charge in [0, 0.05) is 13.2 Å². The molecule has 130 valence electrons. The van der Waals surface area contributed by atoms with Crippen molar-refractivity contribution in [1.29, 1.82) is 0 Å². The molecule has 0 aliphatic heterocycles. The van der Waals surface area contributed by atoms with E-state index in [0.717, 1.165) is 51.0 Å². The molecule has 3 heteroatoms. The van der Waals surface area contributed by atoms with Gasteiger partial charge in [-0.2, -0.15) is 0 Å². The normalized spacial score (nSPS) is 12.2. The molecule has 24 heavy (non-hydrogen) atoms. The summed E-state index contributed by atoms with van der Waals surface area (Å²) in [6.07, 6.45) is 3.92. The second-order valence-electron chi connectivity index (χ2n) is 6.04. The van der Waals surface area contributed by atoms with Crippen LogP contribution in [0, 0.1) is 0 Å². The van der Waals surface area contributed by atoms with Crippen molar-refractivity contribution in [2.75, 3.05) is 26.3 Å². The fourth-order valence-electron chi connectivity index (χ4n) is 2.60. The first-order valence-corrected chi connectivity index (χ1v) is 8.91.